The van der Waals surface area contributed by atoms with Crippen LogP contribution in [0.3, 0.4) is 0 Å². The van der Waals surface area contributed by atoms with Crippen molar-refractivity contribution in [3.8, 4) is 0 Å². The maximum Gasteiger partial charge on any atom is 0.233 e. The van der Waals surface area contributed by atoms with Crippen molar-refractivity contribution in [2.24, 2.45) is 0 Å². The number of carbonyl (C=O) groups excluding carboxylic acids is 1. The van der Waals surface area contributed by atoms with Gasteiger partial charge in [-0.25, -0.2) is 9.97 Å². The standard InChI is InChI=1S/C19H18N4OS/c1-13-6-8-20-17(10-13)22-19-21-15(12-25-19)11-18(24)23-9-7-14-4-2-3-5-16(14)23/h2-6,8,10,12H,7,9,11H2,1H3,(H,20,21,22). The highest BCUT2D eigenvalue weighted by Gasteiger charge is 2.24. The molecule has 0 atom stereocenters. The molecule has 0 fully saturated rings. The number of carbonyl (C=O) groups is 1. The maximum absolute atomic E-state index is 12.6. The summed E-state index contributed by atoms with van der Waals surface area (Å²) in [5, 5.41) is 5.88. The number of aryl methyl sites for hydroxylation is 1. The molecule has 1 aliphatic heterocycles. The van der Waals surface area contributed by atoms with E-state index in [0.29, 0.717) is 6.42 Å². The SMILES string of the molecule is Cc1ccnc(Nc2nc(CC(=O)N3CCc4ccccc43)cs2)c1. The first-order valence-electron chi connectivity index (χ1n) is 8.21. The van der Waals surface area contributed by atoms with Crippen molar-refractivity contribution in [2.75, 3.05) is 16.8 Å². The number of para-hydroxylation sites is 1. The van der Waals surface area contributed by atoms with Crippen LogP contribution < -0.4 is 10.2 Å². The Morgan fingerprint density at radius 3 is 3.08 bits per heavy atom. The fraction of sp³-hybridized carbons (Fsp3) is 0.211. The Morgan fingerprint density at radius 1 is 1.32 bits per heavy atom. The molecule has 4 rings (SSSR count). The van der Waals surface area contributed by atoms with Crippen molar-refractivity contribution in [1.82, 2.24) is 9.97 Å². The Labute approximate surface area is 150 Å². The number of fused-ring (bicyclic) bond motifs is 1. The van der Waals surface area contributed by atoms with Gasteiger partial charge in [-0.3, -0.25) is 4.79 Å². The topological polar surface area (TPSA) is 58.1 Å². The third-order valence-electron chi connectivity index (χ3n) is 4.22. The smallest absolute Gasteiger partial charge is 0.233 e. The van der Waals surface area contributed by atoms with Gasteiger partial charge in [-0.2, -0.15) is 0 Å². The summed E-state index contributed by atoms with van der Waals surface area (Å²) in [6, 6.07) is 12.0. The number of nitrogens with one attached hydrogen (secondary N) is 1. The predicted octanol–water partition coefficient (Wildman–Crippen LogP) is 3.72. The summed E-state index contributed by atoms with van der Waals surface area (Å²) in [6.45, 7) is 2.77. The molecule has 1 amide bonds. The molecule has 1 aromatic carbocycles. The molecule has 0 unspecified atom stereocenters. The summed E-state index contributed by atoms with van der Waals surface area (Å²) >= 11 is 1.49. The van der Waals surface area contributed by atoms with E-state index < -0.39 is 0 Å². The summed E-state index contributed by atoms with van der Waals surface area (Å²) in [5.74, 6) is 0.858. The van der Waals surface area contributed by atoms with Gasteiger partial charge < -0.3 is 10.2 Å². The highest BCUT2D eigenvalue weighted by Crippen LogP contribution is 2.28. The molecule has 0 spiro atoms. The Kier molecular flexibility index (Phi) is 4.19. The molecule has 2 aromatic heterocycles. The number of hydrogen-bond acceptors (Lipinski definition) is 5. The first-order chi connectivity index (χ1) is 12.2. The van der Waals surface area contributed by atoms with Gasteiger partial charge >= 0.3 is 0 Å². The maximum atomic E-state index is 12.6. The molecule has 6 heteroatoms. The van der Waals surface area contributed by atoms with Crippen molar-refractivity contribution in [3.05, 3.63) is 64.8 Å². The molecule has 5 nitrogen and oxygen atoms in total. The molecule has 0 aliphatic carbocycles. The summed E-state index contributed by atoms with van der Waals surface area (Å²) in [5.41, 5.74) is 4.19. The van der Waals surface area contributed by atoms with Crippen molar-refractivity contribution >= 4 is 33.9 Å². The molecule has 0 radical (unpaired) electrons. The van der Waals surface area contributed by atoms with E-state index in [1.54, 1.807) is 6.20 Å². The molecule has 0 saturated carbocycles. The first-order valence-corrected chi connectivity index (χ1v) is 9.09. The van der Waals surface area contributed by atoms with Gasteiger partial charge in [0.25, 0.3) is 0 Å². The van der Waals surface area contributed by atoms with E-state index in [2.05, 4.69) is 21.4 Å². The largest absolute Gasteiger partial charge is 0.316 e. The van der Waals surface area contributed by atoms with Gasteiger partial charge in [-0.05, 0) is 42.7 Å². The number of aromatic nitrogens is 2. The molecule has 0 bridgehead atoms. The van der Waals surface area contributed by atoms with Crippen LogP contribution in [0.4, 0.5) is 16.6 Å². The van der Waals surface area contributed by atoms with Crippen molar-refractivity contribution in [3.63, 3.8) is 0 Å². The molecular weight excluding hydrogens is 332 g/mol. The number of pyridine rings is 1. The second-order valence-electron chi connectivity index (χ2n) is 6.09. The molecule has 1 aliphatic rings. The van der Waals surface area contributed by atoms with Crippen LogP contribution in [0, 0.1) is 6.92 Å². The van der Waals surface area contributed by atoms with E-state index >= 15 is 0 Å². The fourth-order valence-corrected chi connectivity index (χ4v) is 3.72. The van der Waals surface area contributed by atoms with Gasteiger partial charge in [0.1, 0.15) is 5.82 Å². The second-order valence-corrected chi connectivity index (χ2v) is 6.95. The lowest BCUT2D eigenvalue weighted by Crippen LogP contribution is -2.30. The van der Waals surface area contributed by atoms with Crippen LogP contribution in [0.2, 0.25) is 0 Å². The number of anilines is 3. The van der Waals surface area contributed by atoms with Crippen LogP contribution in [0.25, 0.3) is 0 Å². The molecule has 0 saturated heterocycles. The van der Waals surface area contributed by atoms with Crippen LogP contribution in [-0.4, -0.2) is 22.4 Å². The minimum Gasteiger partial charge on any atom is -0.316 e. The second kappa shape index (κ2) is 6.64. The number of hydrogen-bond donors (Lipinski definition) is 1. The van der Waals surface area contributed by atoms with E-state index in [4.69, 9.17) is 0 Å². The number of benzene rings is 1. The van der Waals surface area contributed by atoms with Gasteiger partial charge in [0.2, 0.25) is 5.91 Å². The average Bonchev–Trinajstić information content (AvgIpc) is 3.21. The zero-order chi connectivity index (χ0) is 17.2. The summed E-state index contributed by atoms with van der Waals surface area (Å²) in [4.78, 5) is 23.3. The van der Waals surface area contributed by atoms with Crippen molar-refractivity contribution in [2.45, 2.75) is 19.8 Å². The number of thiazole rings is 1. The van der Waals surface area contributed by atoms with Crippen LogP contribution in [0.5, 0.6) is 0 Å². The fourth-order valence-electron chi connectivity index (χ4n) is 3.01. The van der Waals surface area contributed by atoms with E-state index in [1.807, 2.05) is 47.5 Å². The molecule has 25 heavy (non-hydrogen) atoms. The normalized spacial score (nSPS) is 12.9. The monoisotopic (exact) mass is 350 g/mol. The summed E-state index contributed by atoms with van der Waals surface area (Å²) in [6.07, 6.45) is 3.00. The zero-order valence-electron chi connectivity index (χ0n) is 13.9. The quantitative estimate of drug-likeness (QED) is 0.779. The molecule has 3 aromatic rings. The van der Waals surface area contributed by atoms with Gasteiger partial charge in [-0.15, -0.1) is 11.3 Å². The lowest BCUT2D eigenvalue weighted by molar-refractivity contribution is -0.117. The third kappa shape index (κ3) is 3.39. The first kappa shape index (κ1) is 15.8. The van der Waals surface area contributed by atoms with Gasteiger partial charge in [0, 0.05) is 23.8 Å². The van der Waals surface area contributed by atoms with Crippen LogP contribution in [0.15, 0.2) is 48.0 Å². The number of rotatable bonds is 4. The summed E-state index contributed by atoms with van der Waals surface area (Å²) in [7, 11) is 0. The van der Waals surface area contributed by atoms with E-state index in [1.165, 1.54) is 16.9 Å². The van der Waals surface area contributed by atoms with Gasteiger partial charge in [-0.1, -0.05) is 18.2 Å². The number of nitrogens with zero attached hydrogens (tertiary/aromatic N) is 3. The lowest BCUT2D eigenvalue weighted by Gasteiger charge is -2.16. The third-order valence-corrected chi connectivity index (χ3v) is 5.03. The Hall–Kier alpha value is -2.73. The van der Waals surface area contributed by atoms with Crippen LogP contribution >= 0.6 is 11.3 Å². The highest BCUT2D eigenvalue weighted by atomic mass is 32.1. The van der Waals surface area contributed by atoms with Crippen LogP contribution in [0.1, 0.15) is 16.8 Å². The van der Waals surface area contributed by atoms with E-state index in [-0.39, 0.29) is 5.91 Å². The Morgan fingerprint density at radius 2 is 2.20 bits per heavy atom. The van der Waals surface area contributed by atoms with Gasteiger partial charge in [0.15, 0.2) is 5.13 Å². The molecule has 126 valence electrons. The van der Waals surface area contributed by atoms with Gasteiger partial charge in [0.05, 0.1) is 12.1 Å². The zero-order valence-corrected chi connectivity index (χ0v) is 14.7. The minimum absolute atomic E-state index is 0.0930. The molecule has 3 heterocycles. The van der Waals surface area contributed by atoms with E-state index in [0.717, 1.165) is 40.9 Å². The lowest BCUT2D eigenvalue weighted by atomic mass is 10.2. The Balaban J connectivity index is 1.44. The highest BCUT2D eigenvalue weighted by molar-refractivity contribution is 7.13. The number of amides is 1. The van der Waals surface area contributed by atoms with Crippen LogP contribution in [-0.2, 0) is 17.6 Å². The van der Waals surface area contributed by atoms with Crippen molar-refractivity contribution < 1.29 is 4.79 Å². The summed E-state index contributed by atoms with van der Waals surface area (Å²) < 4.78 is 0. The molecular formula is C19H18N4OS. The minimum atomic E-state index is 0.0930. The predicted molar refractivity (Wildman–Crippen MR) is 101 cm³/mol. The molecule has 1 N–H and O–H groups in total. The Bertz CT molecular complexity index is 921. The van der Waals surface area contributed by atoms with E-state index in [9.17, 15) is 4.79 Å². The van der Waals surface area contributed by atoms with Crippen molar-refractivity contribution in [1.29, 1.82) is 0 Å². The average molecular weight is 350 g/mol.